The van der Waals surface area contributed by atoms with Gasteiger partial charge in [0.25, 0.3) is 0 Å². The van der Waals surface area contributed by atoms with Gasteiger partial charge < -0.3 is 19.7 Å². The van der Waals surface area contributed by atoms with E-state index in [2.05, 4.69) is 27.1 Å². The lowest BCUT2D eigenvalue weighted by Gasteiger charge is -2.30. The van der Waals surface area contributed by atoms with Crippen LogP contribution in [0, 0.1) is 6.92 Å². The lowest BCUT2D eigenvalue weighted by molar-refractivity contribution is -0.121. The molecule has 1 aliphatic heterocycles. The maximum atomic E-state index is 12.5. The molecule has 7 nitrogen and oxygen atoms in total. The van der Waals surface area contributed by atoms with Crippen molar-refractivity contribution in [2.24, 2.45) is 0 Å². The average molecular weight is 350 g/mol. The first-order chi connectivity index (χ1) is 12.1. The Hall–Kier alpha value is -1.89. The second-order valence-electron chi connectivity index (χ2n) is 6.49. The van der Waals surface area contributed by atoms with Crippen LogP contribution in [0.1, 0.15) is 43.9 Å². The lowest BCUT2D eigenvalue weighted by atomic mass is 10.1. The third-order valence-corrected chi connectivity index (χ3v) is 4.65. The number of rotatable bonds is 8. The van der Waals surface area contributed by atoms with E-state index in [0.29, 0.717) is 17.1 Å². The molecule has 7 heteroatoms. The number of methoxy groups -OCH3 is 2. The van der Waals surface area contributed by atoms with Gasteiger partial charge >= 0.3 is 6.01 Å². The molecule has 1 atom stereocenters. The van der Waals surface area contributed by atoms with Crippen LogP contribution >= 0.6 is 0 Å². The fourth-order valence-corrected chi connectivity index (χ4v) is 3.18. The normalized spacial score (nSPS) is 16.3. The predicted molar refractivity (Wildman–Crippen MR) is 96.1 cm³/mol. The van der Waals surface area contributed by atoms with E-state index in [1.165, 1.54) is 33.5 Å². The van der Waals surface area contributed by atoms with Crippen LogP contribution in [0.5, 0.6) is 11.9 Å². The average Bonchev–Trinajstić information content (AvgIpc) is 2.63. The van der Waals surface area contributed by atoms with E-state index in [9.17, 15) is 4.79 Å². The van der Waals surface area contributed by atoms with Gasteiger partial charge in [-0.25, -0.2) is 4.98 Å². The summed E-state index contributed by atoms with van der Waals surface area (Å²) in [7, 11) is 3.04. The van der Waals surface area contributed by atoms with Crippen molar-refractivity contribution in [3.8, 4) is 11.9 Å². The van der Waals surface area contributed by atoms with Crippen molar-refractivity contribution in [3.05, 3.63) is 11.3 Å². The number of likely N-dealkylation sites (tertiary alicyclic amines) is 1. The summed E-state index contributed by atoms with van der Waals surface area (Å²) in [5, 5.41) is 3.15. The van der Waals surface area contributed by atoms with Crippen molar-refractivity contribution in [2.45, 2.75) is 52.0 Å². The quantitative estimate of drug-likeness (QED) is 0.769. The van der Waals surface area contributed by atoms with Gasteiger partial charge in [-0.2, -0.15) is 4.98 Å². The molecule has 0 aromatic carbocycles. The summed E-state index contributed by atoms with van der Waals surface area (Å²) in [6.45, 7) is 7.12. The van der Waals surface area contributed by atoms with Gasteiger partial charge in [0.05, 0.1) is 26.3 Å². The molecule has 2 rings (SSSR count). The lowest BCUT2D eigenvalue weighted by Crippen LogP contribution is -2.45. The highest BCUT2D eigenvalue weighted by Crippen LogP contribution is 2.22. The Balaban J connectivity index is 1.98. The number of piperidine rings is 1. The fraction of sp³-hybridized carbons (Fsp3) is 0.722. The summed E-state index contributed by atoms with van der Waals surface area (Å²) in [4.78, 5) is 23.4. The topological polar surface area (TPSA) is 76.6 Å². The van der Waals surface area contributed by atoms with Crippen molar-refractivity contribution in [2.75, 3.05) is 33.9 Å². The first kappa shape index (κ1) is 19.4. The van der Waals surface area contributed by atoms with Gasteiger partial charge in [0.15, 0.2) is 0 Å². The Morgan fingerprint density at radius 2 is 1.92 bits per heavy atom. The third kappa shape index (κ3) is 5.56. The minimum Gasteiger partial charge on any atom is -0.481 e. The van der Waals surface area contributed by atoms with E-state index in [1.54, 1.807) is 0 Å². The van der Waals surface area contributed by atoms with Crippen LogP contribution in [0.25, 0.3) is 0 Å². The largest absolute Gasteiger partial charge is 0.481 e. The standard InChI is InChI=1S/C18H30N4O3/c1-5-14(12-22-9-7-6-8-10-22)20-16(23)11-15-13(2)19-18(25-4)21-17(15)24-3/h14H,5-12H2,1-4H3,(H,20,23)/t14-/m0/s1. The molecule has 0 radical (unpaired) electrons. The second kappa shape index (κ2) is 9.56. The summed E-state index contributed by atoms with van der Waals surface area (Å²) in [5.41, 5.74) is 1.40. The number of nitrogens with one attached hydrogen (secondary N) is 1. The number of aromatic nitrogens is 2. The van der Waals surface area contributed by atoms with Crippen molar-refractivity contribution in [1.29, 1.82) is 0 Å². The summed E-state index contributed by atoms with van der Waals surface area (Å²) >= 11 is 0. The summed E-state index contributed by atoms with van der Waals surface area (Å²) in [6.07, 6.45) is 4.94. The summed E-state index contributed by atoms with van der Waals surface area (Å²) in [6, 6.07) is 0.408. The minimum atomic E-state index is -0.0287. The molecule has 0 aliphatic carbocycles. The molecule has 0 spiro atoms. The number of hydrogen-bond donors (Lipinski definition) is 1. The SMILES string of the molecule is CC[C@@H](CN1CCCCC1)NC(=O)Cc1c(C)nc(OC)nc1OC. The monoisotopic (exact) mass is 350 g/mol. The molecule has 2 heterocycles. The fourth-order valence-electron chi connectivity index (χ4n) is 3.18. The third-order valence-electron chi connectivity index (χ3n) is 4.65. The molecule has 25 heavy (non-hydrogen) atoms. The van der Waals surface area contributed by atoms with Crippen LogP contribution in [0.2, 0.25) is 0 Å². The maximum Gasteiger partial charge on any atom is 0.319 e. The number of ether oxygens (including phenoxy) is 2. The highest BCUT2D eigenvalue weighted by atomic mass is 16.5. The van der Waals surface area contributed by atoms with Crippen molar-refractivity contribution >= 4 is 5.91 Å². The van der Waals surface area contributed by atoms with E-state index < -0.39 is 0 Å². The molecule has 1 N–H and O–H groups in total. The van der Waals surface area contributed by atoms with Crippen LogP contribution in [0.15, 0.2) is 0 Å². The zero-order valence-electron chi connectivity index (χ0n) is 15.8. The zero-order chi connectivity index (χ0) is 18.2. The van der Waals surface area contributed by atoms with Gasteiger partial charge in [-0.1, -0.05) is 13.3 Å². The van der Waals surface area contributed by atoms with Crippen LogP contribution in [0.3, 0.4) is 0 Å². The Kier molecular flexibility index (Phi) is 7.43. The molecule has 1 amide bonds. The Bertz CT molecular complexity index is 574. The predicted octanol–water partition coefficient (Wildman–Crippen LogP) is 1.73. The van der Waals surface area contributed by atoms with Gasteiger partial charge in [0.1, 0.15) is 0 Å². The van der Waals surface area contributed by atoms with Crippen LogP contribution in [-0.2, 0) is 11.2 Å². The minimum absolute atomic E-state index is 0.0287. The highest BCUT2D eigenvalue weighted by molar-refractivity contribution is 5.79. The van der Waals surface area contributed by atoms with E-state index >= 15 is 0 Å². The molecule has 1 saturated heterocycles. The molecular weight excluding hydrogens is 320 g/mol. The molecule has 0 unspecified atom stereocenters. The first-order valence-corrected chi connectivity index (χ1v) is 9.04. The number of amides is 1. The van der Waals surface area contributed by atoms with Crippen LogP contribution in [-0.4, -0.2) is 60.7 Å². The van der Waals surface area contributed by atoms with Crippen molar-refractivity contribution in [3.63, 3.8) is 0 Å². The van der Waals surface area contributed by atoms with Crippen molar-refractivity contribution in [1.82, 2.24) is 20.2 Å². The number of nitrogens with zero attached hydrogens (tertiary/aromatic N) is 3. The molecule has 0 bridgehead atoms. The Morgan fingerprint density at radius 3 is 2.52 bits per heavy atom. The zero-order valence-corrected chi connectivity index (χ0v) is 15.8. The van der Waals surface area contributed by atoms with E-state index in [0.717, 1.165) is 26.1 Å². The van der Waals surface area contributed by atoms with Gasteiger partial charge in [-0.3, -0.25) is 4.79 Å². The Labute approximate surface area is 150 Å². The van der Waals surface area contributed by atoms with E-state index in [-0.39, 0.29) is 24.4 Å². The Morgan fingerprint density at radius 1 is 1.20 bits per heavy atom. The molecule has 140 valence electrons. The highest BCUT2D eigenvalue weighted by Gasteiger charge is 2.20. The number of carbonyl (C=O) groups excluding carboxylic acids is 1. The molecule has 1 aromatic heterocycles. The van der Waals surface area contributed by atoms with Crippen LogP contribution < -0.4 is 14.8 Å². The van der Waals surface area contributed by atoms with Gasteiger partial charge in [0.2, 0.25) is 11.8 Å². The molecule has 1 fully saturated rings. The smallest absolute Gasteiger partial charge is 0.319 e. The molecule has 0 saturated carbocycles. The maximum absolute atomic E-state index is 12.5. The molecule has 1 aliphatic rings. The number of hydrogen-bond acceptors (Lipinski definition) is 6. The van der Waals surface area contributed by atoms with Gasteiger partial charge in [0, 0.05) is 18.2 Å². The molecule has 1 aromatic rings. The van der Waals surface area contributed by atoms with E-state index in [4.69, 9.17) is 9.47 Å². The van der Waals surface area contributed by atoms with Crippen LogP contribution in [0.4, 0.5) is 0 Å². The van der Waals surface area contributed by atoms with Gasteiger partial charge in [-0.15, -0.1) is 0 Å². The molecular formula is C18H30N4O3. The second-order valence-corrected chi connectivity index (χ2v) is 6.49. The van der Waals surface area contributed by atoms with Crippen molar-refractivity contribution < 1.29 is 14.3 Å². The van der Waals surface area contributed by atoms with Gasteiger partial charge in [-0.05, 0) is 39.3 Å². The van der Waals surface area contributed by atoms with E-state index in [1.807, 2.05) is 6.92 Å². The number of carbonyl (C=O) groups is 1. The summed E-state index contributed by atoms with van der Waals surface area (Å²) in [5.74, 6) is 0.364. The summed E-state index contributed by atoms with van der Waals surface area (Å²) < 4.78 is 10.4. The first-order valence-electron chi connectivity index (χ1n) is 9.04. The number of aryl methyl sites for hydroxylation is 1.